The fourth-order valence-corrected chi connectivity index (χ4v) is 4.41. The molecule has 1 saturated heterocycles. The second-order valence-corrected chi connectivity index (χ2v) is 8.90. The van der Waals surface area contributed by atoms with E-state index in [0.29, 0.717) is 24.3 Å². The van der Waals surface area contributed by atoms with Gasteiger partial charge in [-0.1, -0.05) is 42.5 Å². The van der Waals surface area contributed by atoms with Crippen LogP contribution >= 0.6 is 0 Å². The third kappa shape index (κ3) is 6.44. The highest BCUT2D eigenvalue weighted by Crippen LogP contribution is 2.23. The van der Waals surface area contributed by atoms with E-state index in [0.717, 1.165) is 19.6 Å². The van der Waals surface area contributed by atoms with E-state index in [1.54, 1.807) is 24.3 Å². The first-order valence-electron chi connectivity index (χ1n) is 12.3. The number of methoxy groups -OCH3 is 1. The average molecular weight is 505 g/mol. The molecule has 0 spiro atoms. The molecule has 2 aromatic carbocycles. The van der Waals surface area contributed by atoms with Crippen LogP contribution in [0.4, 0.5) is 5.69 Å². The number of benzene rings is 2. The monoisotopic (exact) mass is 504 g/mol. The van der Waals surface area contributed by atoms with Crippen LogP contribution in [0.1, 0.15) is 15.9 Å². The molecule has 2 aromatic rings. The Morgan fingerprint density at radius 3 is 2.38 bits per heavy atom. The van der Waals surface area contributed by atoms with Crippen LogP contribution in [-0.4, -0.2) is 97.1 Å². The van der Waals surface area contributed by atoms with Crippen LogP contribution in [0.25, 0.3) is 6.08 Å². The maximum absolute atomic E-state index is 13.0. The molecular formula is C28H32N4O5. The van der Waals surface area contributed by atoms with Crippen molar-refractivity contribution in [3.63, 3.8) is 0 Å². The lowest BCUT2D eigenvalue weighted by atomic mass is 10.1. The number of nitrogens with zero attached hydrogens (tertiary/aromatic N) is 3. The lowest BCUT2D eigenvalue weighted by molar-refractivity contribution is -0.136. The van der Waals surface area contributed by atoms with E-state index in [1.165, 1.54) is 17.6 Å². The number of carbonyl (C=O) groups is 3. The van der Waals surface area contributed by atoms with Crippen molar-refractivity contribution in [3.8, 4) is 0 Å². The van der Waals surface area contributed by atoms with Gasteiger partial charge in [0.25, 0.3) is 11.8 Å². The second-order valence-electron chi connectivity index (χ2n) is 8.90. The zero-order valence-corrected chi connectivity index (χ0v) is 20.9. The Balaban J connectivity index is 1.32. The minimum Gasteiger partial charge on any atom is -0.466 e. The summed E-state index contributed by atoms with van der Waals surface area (Å²) in [6.07, 6.45) is 4.26. The number of amides is 2. The number of nitrogens with one attached hydrogen (secondary N) is 1. The number of aliphatic hydroxyl groups excluding tert-OH is 1. The van der Waals surface area contributed by atoms with Crippen molar-refractivity contribution in [2.45, 2.75) is 0 Å². The molecule has 37 heavy (non-hydrogen) atoms. The zero-order chi connectivity index (χ0) is 26.2. The minimum atomic E-state index is -0.599. The molecule has 0 atom stereocenters. The molecule has 2 amide bonds. The summed E-state index contributed by atoms with van der Waals surface area (Å²) >= 11 is 0. The lowest BCUT2D eigenvalue weighted by Gasteiger charge is -2.34. The molecule has 2 heterocycles. The third-order valence-electron chi connectivity index (χ3n) is 6.49. The minimum absolute atomic E-state index is 0.0356. The predicted molar refractivity (Wildman–Crippen MR) is 141 cm³/mol. The highest BCUT2D eigenvalue weighted by molar-refractivity contribution is 6.08. The molecule has 0 unspecified atom stereocenters. The number of piperazine rings is 1. The first-order valence-corrected chi connectivity index (χ1v) is 12.3. The maximum Gasteiger partial charge on any atom is 0.337 e. The Morgan fingerprint density at radius 2 is 1.73 bits per heavy atom. The fourth-order valence-electron chi connectivity index (χ4n) is 4.41. The Labute approximate surface area is 216 Å². The molecule has 2 N–H and O–H groups in total. The van der Waals surface area contributed by atoms with Gasteiger partial charge in [0.2, 0.25) is 0 Å². The number of hydrogen-bond acceptors (Lipinski definition) is 7. The maximum atomic E-state index is 13.0. The average Bonchev–Trinajstić information content (AvgIpc) is 3.24. The van der Waals surface area contributed by atoms with Crippen molar-refractivity contribution in [2.75, 3.05) is 64.8 Å². The summed E-state index contributed by atoms with van der Waals surface area (Å²) in [5, 5.41) is 12.2. The van der Waals surface area contributed by atoms with Gasteiger partial charge in [0, 0.05) is 50.5 Å². The molecule has 9 nitrogen and oxygen atoms in total. The first kappa shape index (κ1) is 26.1. The number of rotatable bonds is 9. The Hall–Kier alpha value is -3.95. The van der Waals surface area contributed by atoms with Crippen LogP contribution in [0.3, 0.4) is 0 Å². The number of anilines is 1. The number of ether oxygens (including phenoxy) is 1. The van der Waals surface area contributed by atoms with Gasteiger partial charge in [0.15, 0.2) is 0 Å². The van der Waals surface area contributed by atoms with Crippen molar-refractivity contribution >= 4 is 29.5 Å². The van der Waals surface area contributed by atoms with Gasteiger partial charge < -0.3 is 25.0 Å². The van der Waals surface area contributed by atoms with Crippen molar-refractivity contribution in [3.05, 3.63) is 83.1 Å². The van der Waals surface area contributed by atoms with Crippen molar-refractivity contribution in [1.29, 1.82) is 0 Å². The standard InChI is InChI=1S/C28H32N4O5/c1-37-28(36)24-20-32(18-19-33)27(35)25(24)29-23-11-9-22(10-12-23)26(34)31-16-14-30(15-17-31)13-5-8-21-6-3-2-4-7-21/h2-12,29,33H,13-20H2,1H3. The Kier molecular flexibility index (Phi) is 8.71. The quantitative estimate of drug-likeness (QED) is 0.503. The number of hydrogen-bond donors (Lipinski definition) is 2. The molecule has 1 fully saturated rings. The zero-order valence-electron chi connectivity index (χ0n) is 20.9. The van der Waals surface area contributed by atoms with E-state index < -0.39 is 5.97 Å². The number of carbonyl (C=O) groups excluding carboxylic acids is 3. The molecule has 0 aromatic heterocycles. The molecule has 0 aliphatic carbocycles. The van der Waals surface area contributed by atoms with Crippen molar-refractivity contribution < 1.29 is 24.2 Å². The van der Waals surface area contributed by atoms with Crippen molar-refractivity contribution in [2.24, 2.45) is 0 Å². The SMILES string of the molecule is COC(=O)C1=C(Nc2ccc(C(=O)N3CCN(CC=Cc4ccccc4)CC3)cc2)C(=O)N(CCO)C1. The molecular weight excluding hydrogens is 472 g/mol. The highest BCUT2D eigenvalue weighted by Gasteiger charge is 2.34. The fraction of sp³-hybridized carbons (Fsp3) is 0.321. The van der Waals surface area contributed by atoms with Crippen LogP contribution in [0.2, 0.25) is 0 Å². The smallest absolute Gasteiger partial charge is 0.337 e. The second kappa shape index (κ2) is 12.3. The normalized spacial score (nSPS) is 16.5. The van der Waals surface area contributed by atoms with E-state index >= 15 is 0 Å². The van der Waals surface area contributed by atoms with Crippen LogP contribution in [0.15, 0.2) is 71.9 Å². The van der Waals surface area contributed by atoms with E-state index in [4.69, 9.17) is 4.74 Å². The molecule has 194 valence electrons. The topological polar surface area (TPSA) is 102 Å². The first-order chi connectivity index (χ1) is 18.0. The van der Waals surface area contributed by atoms with Crippen LogP contribution in [0.5, 0.6) is 0 Å². The molecule has 0 radical (unpaired) electrons. The summed E-state index contributed by atoms with van der Waals surface area (Å²) in [7, 11) is 1.26. The molecule has 9 heteroatoms. The summed E-state index contributed by atoms with van der Waals surface area (Å²) in [4.78, 5) is 43.4. The summed E-state index contributed by atoms with van der Waals surface area (Å²) in [5.41, 5.74) is 2.63. The van der Waals surface area contributed by atoms with Gasteiger partial charge in [0.1, 0.15) is 5.70 Å². The van der Waals surface area contributed by atoms with Gasteiger partial charge in [-0.3, -0.25) is 14.5 Å². The van der Waals surface area contributed by atoms with Gasteiger partial charge in [-0.25, -0.2) is 4.79 Å². The Morgan fingerprint density at radius 1 is 1.03 bits per heavy atom. The van der Waals surface area contributed by atoms with E-state index in [9.17, 15) is 19.5 Å². The van der Waals surface area contributed by atoms with Gasteiger partial charge >= 0.3 is 5.97 Å². The van der Waals surface area contributed by atoms with Gasteiger partial charge in [0.05, 0.1) is 25.8 Å². The molecule has 2 aliphatic rings. The summed E-state index contributed by atoms with van der Waals surface area (Å²) < 4.78 is 4.81. The van der Waals surface area contributed by atoms with Crippen LogP contribution in [-0.2, 0) is 14.3 Å². The number of aliphatic hydroxyl groups is 1. The Bertz CT molecular complexity index is 1170. The summed E-state index contributed by atoms with van der Waals surface area (Å²) in [6.45, 7) is 3.75. The van der Waals surface area contributed by atoms with Gasteiger partial charge in [-0.2, -0.15) is 0 Å². The highest BCUT2D eigenvalue weighted by atomic mass is 16.5. The van der Waals surface area contributed by atoms with Gasteiger partial charge in [-0.15, -0.1) is 0 Å². The predicted octanol–water partition coefficient (Wildman–Crippen LogP) is 1.83. The third-order valence-corrected chi connectivity index (χ3v) is 6.49. The van der Waals surface area contributed by atoms with E-state index in [1.807, 2.05) is 23.1 Å². The van der Waals surface area contributed by atoms with E-state index in [-0.39, 0.29) is 42.8 Å². The molecule has 2 aliphatic heterocycles. The number of β-amino-alcohol motifs (C(OH)–C–C–N with tert-alkyl or cyclic N) is 1. The van der Waals surface area contributed by atoms with Gasteiger partial charge in [-0.05, 0) is 29.8 Å². The number of esters is 1. The summed E-state index contributed by atoms with van der Waals surface area (Å²) in [6, 6.07) is 17.0. The van der Waals surface area contributed by atoms with Crippen molar-refractivity contribution in [1.82, 2.24) is 14.7 Å². The van der Waals surface area contributed by atoms with Crippen LogP contribution in [0, 0.1) is 0 Å². The molecule has 4 rings (SSSR count). The molecule has 0 saturated carbocycles. The summed E-state index contributed by atoms with van der Waals surface area (Å²) in [5.74, 6) is -1.02. The van der Waals surface area contributed by atoms with Crippen LogP contribution < -0.4 is 5.32 Å². The molecule has 0 bridgehead atoms. The van der Waals surface area contributed by atoms with E-state index in [2.05, 4.69) is 34.5 Å². The largest absolute Gasteiger partial charge is 0.466 e. The lowest BCUT2D eigenvalue weighted by Crippen LogP contribution is -2.48.